The molecule has 1 amide bonds. The molecule has 24 heteroatoms. The number of halogens is 1. The lowest BCUT2D eigenvalue weighted by Crippen LogP contribution is -2.65. The van der Waals surface area contributed by atoms with Gasteiger partial charge in [0.15, 0.2) is 12.6 Å². The van der Waals surface area contributed by atoms with Crippen molar-refractivity contribution in [3.63, 3.8) is 0 Å². The van der Waals surface area contributed by atoms with Gasteiger partial charge in [0.1, 0.15) is 48.0 Å². The van der Waals surface area contributed by atoms with Gasteiger partial charge in [0, 0.05) is 57.7 Å². The fourth-order valence-electron chi connectivity index (χ4n) is 12.6. The number of morpholine rings is 1. The second-order valence-electron chi connectivity index (χ2n) is 24.1. The molecule has 6 heterocycles. The number of carbonyl (C=O) groups is 2. The number of methoxy groups -OCH3 is 1. The van der Waals surface area contributed by atoms with Crippen molar-refractivity contribution in [3.05, 3.63) is 35.9 Å². The van der Waals surface area contributed by atoms with Crippen LogP contribution in [0.4, 0.5) is 20.6 Å². The van der Waals surface area contributed by atoms with Crippen LogP contribution < -0.4 is 9.80 Å². The monoisotopic (exact) mass is 1140 g/mol. The van der Waals surface area contributed by atoms with E-state index >= 15 is 4.39 Å². The molecule has 80 heavy (non-hydrogen) atoms. The highest BCUT2D eigenvalue weighted by molar-refractivity contribution is 5.90. The quantitative estimate of drug-likeness (QED) is 0.161. The molecule has 5 saturated heterocycles. The summed E-state index contributed by atoms with van der Waals surface area (Å²) in [4.78, 5) is 34.6. The van der Waals surface area contributed by atoms with Gasteiger partial charge in [-0.3, -0.25) is 9.69 Å². The van der Waals surface area contributed by atoms with E-state index in [0.29, 0.717) is 56.3 Å². The first-order valence-electron chi connectivity index (χ1n) is 28.4. The molecule has 2 aromatic rings. The summed E-state index contributed by atoms with van der Waals surface area (Å²) < 4.78 is 72.9. The molecule has 1 aromatic carbocycles. The first-order chi connectivity index (χ1) is 37.6. The molecule has 1 aromatic heterocycles. The molecule has 0 saturated carbocycles. The molecular weight excluding hydrogens is 1050 g/mol. The van der Waals surface area contributed by atoms with E-state index in [1.165, 1.54) is 25.0 Å². The zero-order valence-electron chi connectivity index (χ0n) is 49.3. The van der Waals surface area contributed by atoms with Crippen LogP contribution in [-0.2, 0) is 60.4 Å². The summed E-state index contributed by atoms with van der Waals surface area (Å²) in [5, 5.41) is 68.6. The Morgan fingerprint density at radius 2 is 1.60 bits per heavy atom. The van der Waals surface area contributed by atoms with Gasteiger partial charge in [-0.1, -0.05) is 26.0 Å². The summed E-state index contributed by atoms with van der Waals surface area (Å²) in [5.74, 6) is -3.39. The van der Waals surface area contributed by atoms with Crippen molar-refractivity contribution in [3.8, 4) is 0 Å². The summed E-state index contributed by atoms with van der Waals surface area (Å²) in [7, 11) is 6.93. The molecule has 23 nitrogen and oxygen atoms in total. The largest absolute Gasteiger partial charge is 0.459 e. The van der Waals surface area contributed by atoms with Crippen LogP contribution in [0.25, 0.3) is 0 Å². The highest BCUT2D eigenvalue weighted by atomic mass is 19.1. The average Bonchev–Trinajstić information content (AvgIpc) is 4.02. The second kappa shape index (κ2) is 26.5. The lowest BCUT2D eigenvalue weighted by Gasteiger charge is -2.50. The number of aromatic nitrogens is 3. The van der Waals surface area contributed by atoms with Crippen molar-refractivity contribution < 1.29 is 82.1 Å². The number of rotatable bonds is 15. The summed E-state index contributed by atoms with van der Waals surface area (Å²) in [6.45, 7) is 20.4. The minimum Gasteiger partial charge on any atom is -0.459 e. The van der Waals surface area contributed by atoms with Crippen molar-refractivity contribution in [2.24, 2.45) is 17.8 Å². The van der Waals surface area contributed by atoms with Crippen molar-refractivity contribution >= 4 is 23.4 Å². The average molecular weight is 1140 g/mol. The van der Waals surface area contributed by atoms with Crippen LogP contribution >= 0.6 is 0 Å². The van der Waals surface area contributed by atoms with Gasteiger partial charge in [0.05, 0.1) is 97.6 Å². The number of amides is 1. The highest BCUT2D eigenvalue weighted by Gasteiger charge is 2.54. The number of nitrogens with zero attached hydrogens (tertiary/aromatic N) is 7. The van der Waals surface area contributed by atoms with Crippen LogP contribution in [0.1, 0.15) is 94.2 Å². The predicted molar refractivity (Wildman–Crippen MR) is 290 cm³/mol. The number of carbonyl (C=O) groups excluding carboxylic acids is 2. The number of benzene rings is 1. The number of hydrogen-bond acceptors (Lipinski definition) is 21. The maximum Gasteiger partial charge on any atom is 0.414 e. The van der Waals surface area contributed by atoms with Gasteiger partial charge in [-0.25, -0.2) is 13.9 Å². The molecule has 454 valence electrons. The number of aliphatic hydroxyl groups is 5. The molecule has 0 bridgehead atoms. The Morgan fingerprint density at radius 3 is 2.25 bits per heavy atom. The maximum absolute atomic E-state index is 15.3. The van der Waals surface area contributed by atoms with E-state index in [9.17, 15) is 35.1 Å². The number of likely N-dealkylation sites (N-methyl/N-ethyl adjacent to an activating group) is 2. The van der Waals surface area contributed by atoms with E-state index in [-0.39, 0.29) is 44.9 Å². The molecule has 5 N–H and O–H groups in total. The molecule has 5 aliphatic rings. The molecular formula is C56H92FN7O16. The molecule has 0 radical (unpaired) electrons. The van der Waals surface area contributed by atoms with Crippen LogP contribution in [0, 0.1) is 23.6 Å². The molecule has 20 atom stereocenters. The highest BCUT2D eigenvalue weighted by Crippen LogP contribution is 2.41. The molecule has 7 rings (SSSR count). The molecule has 0 aliphatic carbocycles. The van der Waals surface area contributed by atoms with Gasteiger partial charge < -0.3 is 82.9 Å². The number of aliphatic hydroxyl groups excluding tert-OH is 3. The zero-order chi connectivity index (χ0) is 58.8. The number of ether oxygens (including phenoxy) is 9. The number of cyclic esters (lactones) is 2. The molecule has 5 fully saturated rings. The minimum atomic E-state index is -1.86. The van der Waals surface area contributed by atoms with Crippen LogP contribution in [0.5, 0.6) is 0 Å². The first-order valence-corrected chi connectivity index (χ1v) is 28.4. The predicted octanol–water partition coefficient (Wildman–Crippen LogP) is 2.73. The normalized spacial score (nSPS) is 40.4. The summed E-state index contributed by atoms with van der Waals surface area (Å²) >= 11 is 0. The van der Waals surface area contributed by atoms with Crippen molar-refractivity contribution in [2.45, 2.75) is 204 Å². The Balaban J connectivity index is 1.07. The fourth-order valence-corrected chi connectivity index (χ4v) is 12.6. The summed E-state index contributed by atoms with van der Waals surface area (Å²) in [6.07, 6.45) is -10.3. The van der Waals surface area contributed by atoms with Gasteiger partial charge in [-0.15, -0.1) is 5.10 Å². The maximum atomic E-state index is 15.3. The van der Waals surface area contributed by atoms with Crippen molar-refractivity contribution in [1.29, 1.82) is 0 Å². The lowest BCUT2D eigenvalue weighted by molar-refractivity contribution is -0.329. The van der Waals surface area contributed by atoms with E-state index < -0.39 is 132 Å². The molecule has 0 unspecified atom stereocenters. The Morgan fingerprint density at radius 1 is 0.900 bits per heavy atom. The third-order valence-corrected chi connectivity index (χ3v) is 17.4. The van der Waals surface area contributed by atoms with Gasteiger partial charge >= 0.3 is 12.1 Å². The Labute approximate surface area is 470 Å². The van der Waals surface area contributed by atoms with Gasteiger partial charge in [0.25, 0.3) is 0 Å². The third kappa shape index (κ3) is 14.3. The third-order valence-electron chi connectivity index (χ3n) is 17.4. The van der Waals surface area contributed by atoms with Gasteiger partial charge in [0.2, 0.25) is 0 Å². The van der Waals surface area contributed by atoms with E-state index in [1.54, 1.807) is 71.5 Å². The topological polar surface area (TPSA) is 262 Å². The fraction of sp³-hybridized carbons (Fsp3) is 0.821. The Kier molecular flexibility index (Phi) is 21.1. The van der Waals surface area contributed by atoms with Crippen LogP contribution in [0.2, 0.25) is 0 Å². The Bertz CT molecular complexity index is 2350. The first kappa shape index (κ1) is 63.8. The Hall–Kier alpha value is -3.73. The lowest BCUT2D eigenvalue weighted by atomic mass is 9.77. The summed E-state index contributed by atoms with van der Waals surface area (Å²) in [6, 6.07) is 3.43. The molecule has 5 aliphatic heterocycles. The van der Waals surface area contributed by atoms with Crippen LogP contribution in [0.15, 0.2) is 24.4 Å². The van der Waals surface area contributed by atoms with Crippen molar-refractivity contribution in [1.82, 2.24) is 24.8 Å². The van der Waals surface area contributed by atoms with E-state index in [1.807, 2.05) is 49.7 Å². The van der Waals surface area contributed by atoms with E-state index in [2.05, 4.69) is 10.3 Å². The minimum absolute atomic E-state index is 0.0705. The number of esters is 1. The molecule has 0 spiro atoms. The van der Waals surface area contributed by atoms with Crippen LogP contribution in [0.3, 0.4) is 0 Å². The van der Waals surface area contributed by atoms with E-state index in [4.69, 9.17) is 42.6 Å². The van der Waals surface area contributed by atoms with Crippen LogP contribution in [-0.4, -0.2) is 239 Å². The number of anilines is 2. The number of hydrogen-bond donors (Lipinski definition) is 5. The van der Waals surface area contributed by atoms with Crippen molar-refractivity contribution in [2.75, 3.05) is 84.1 Å². The standard InChI is InChI=1S/C56H92FN7O16/c1-15-42-56(10,71)48(66)34(5)61(13)27-31(2)25-54(8,70)50(32(3)46(33(4)51(68)78-42)79-43-26-55(9,72-14)49(67)36(7)75-43)80-52-45(65)44(60(11)12)47(35(6)76-52)74-21-18-37-28-63(59-58-37)29-39-30-64(53(69)77-39)38-16-17-41(40(57)24-38)62-19-22-73-23-20-62/h16-17,24,28,31-36,39,42-50,52,65-67,70-71H,15,18-23,25-27,29-30H2,1-14H3/t31-,32+,33-,34-,35-,36+,39+,42-,43+,44-,45-,46+,47-,48-,49+,50-,52+,54-,55-,56-/m1/s1. The summed E-state index contributed by atoms with van der Waals surface area (Å²) in [5.41, 5.74) is -3.20. The van der Waals surface area contributed by atoms with E-state index in [0.717, 1.165) is 0 Å². The van der Waals surface area contributed by atoms with Gasteiger partial charge in [-0.2, -0.15) is 0 Å². The SMILES string of the molecule is CC[C@H]1OC(=O)[C@H](C)[C@@H](O[C@H]2C[C@@](C)(OC)[C@@H](O)[C@H](C)O2)[C@H](C)[C@@H](O[C@@H]2O[C@H](C)[C@@H](OCCc3cn(C[C@H]4CN(c5ccc(N6CCOCC6)c(F)c5)C(=O)O4)nn3)[C@H](N(C)C)[C@H]2O)[C@](C)(O)C[C@@H](C)CN(C)[C@H](C)[C@@H](O)[C@]1(C)O. The van der Waals surface area contributed by atoms with Gasteiger partial charge in [-0.05, 0) is 107 Å². The second-order valence-corrected chi connectivity index (χ2v) is 24.1. The zero-order valence-corrected chi connectivity index (χ0v) is 49.3. The smallest absolute Gasteiger partial charge is 0.414 e.